The number of rotatable bonds is 4. The van der Waals surface area contributed by atoms with Crippen LogP contribution in [-0.4, -0.2) is 0 Å². The molecule has 0 aliphatic heterocycles. The molecule has 0 aliphatic carbocycles. The fourth-order valence-corrected chi connectivity index (χ4v) is 2.08. The topological polar surface area (TPSA) is 9.23 Å². The van der Waals surface area contributed by atoms with Crippen LogP contribution in [-0.2, 0) is 11.9 Å². The maximum Gasteiger partial charge on any atom is 0.148 e. The van der Waals surface area contributed by atoms with Gasteiger partial charge in [-0.3, -0.25) is 0 Å². The third kappa shape index (κ3) is 3.24. The molecule has 0 bridgehead atoms. The molecule has 0 heterocycles. The molecule has 1 nitrogen and oxygen atoms in total. The highest BCUT2D eigenvalue weighted by Gasteiger charge is 2.06. The molecule has 0 amide bonds. The van der Waals surface area contributed by atoms with Crippen molar-refractivity contribution in [2.75, 3.05) is 0 Å². The Hall–Kier alpha value is -1.06. The van der Waals surface area contributed by atoms with Gasteiger partial charge >= 0.3 is 0 Å². The highest BCUT2D eigenvalue weighted by atomic mass is 79.9. The summed E-state index contributed by atoms with van der Waals surface area (Å²) in [5, 5.41) is 0.876. The Bertz CT molecular complexity index is 545. The Morgan fingerprint density at radius 3 is 2.72 bits per heavy atom. The molecule has 4 heteroatoms. The van der Waals surface area contributed by atoms with Crippen molar-refractivity contribution in [1.29, 1.82) is 0 Å². The Labute approximate surface area is 119 Å². The minimum atomic E-state index is -0.421. The molecule has 0 N–H and O–H groups in total. The first-order chi connectivity index (χ1) is 8.70. The van der Waals surface area contributed by atoms with Gasteiger partial charge in [0, 0.05) is 10.9 Å². The minimum absolute atomic E-state index is 0.116. The molecule has 0 saturated heterocycles. The van der Waals surface area contributed by atoms with Gasteiger partial charge in [-0.2, -0.15) is 0 Å². The van der Waals surface area contributed by atoms with Gasteiger partial charge in [0.1, 0.15) is 18.2 Å². The molecule has 2 aromatic rings. The maximum absolute atomic E-state index is 13.6. The molecule has 0 fully saturated rings. The molecule has 0 unspecified atom stereocenters. The van der Waals surface area contributed by atoms with Crippen LogP contribution in [0.1, 0.15) is 11.1 Å². The van der Waals surface area contributed by atoms with E-state index in [4.69, 9.17) is 16.3 Å². The number of halogens is 3. The molecule has 2 aromatic carbocycles. The lowest BCUT2D eigenvalue weighted by Crippen LogP contribution is -1.99. The van der Waals surface area contributed by atoms with Crippen molar-refractivity contribution >= 4 is 27.5 Å². The van der Waals surface area contributed by atoms with Gasteiger partial charge in [0.2, 0.25) is 0 Å². The first-order valence-corrected chi connectivity index (χ1v) is 6.91. The van der Waals surface area contributed by atoms with Crippen LogP contribution in [0.25, 0.3) is 0 Å². The molecule has 0 spiro atoms. The standard InChI is InChI=1S/C14H11BrClFO/c15-8-10-3-1-5-12(7-10)18-9-11-4-2-6-13(16)14(11)17/h1-7H,8-9H2. The smallest absolute Gasteiger partial charge is 0.148 e. The molecule has 0 aromatic heterocycles. The molecule has 2 rings (SSSR count). The lowest BCUT2D eigenvalue weighted by atomic mass is 10.2. The first kappa shape index (κ1) is 13.4. The summed E-state index contributed by atoms with van der Waals surface area (Å²) in [6, 6.07) is 12.5. The second kappa shape index (κ2) is 6.21. The molecule has 0 atom stereocenters. The van der Waals surface area contributed by atoms with E-state index in [2.05, 4.69) is 15.9 Å². The summed E-state index contributed by atoms with van der Waals surface area (Å²) in [6.07, 6.45) is 0. The molecule has 0 saturated carbocycles. The lowest BCUT2D eigenvalue weighted by Gasteiger charge is -2.08. The number of hydrogen-bond acceptors (Lipinski definition) is 1. The number of hydrogen-bond donors (Lipinski definition) is 0. The lowest BCUT2D eigenvalue weighted by molar-refractivity contribution is 0.299. The van der Waals surface area contributed by atoms with Gasteiger partial charge in [0.05, 0.1) is 5.02 Å². The molecular formula is C14H11BrClFO. The molecule has 94 valence electrons. The Morgan fingerprint density at radius 2 is 1.94 bits per heavy atom. The zero-order valence-corrected chi connectivity index (χ0v) is 11.8. The Morgan fingerprint density at radius 1 is 1.17 bits per heavy atom. The summed E-state index contributed by atoms with van der Waals surface area (Å²) >= 11 is 9.08. The summed E-state index contributed by atoms with van der Waals surface area (Å²) in [7, 11) is 0. The van der Waals surface area contributed by atoms with Crippen LogP contribution in [0.15, 0.2) is 42.5 Å². The predicted octanol–water partition coefficient (Wildman–Crippen LogP) is 4.95. The third-order valence-corrected chi connectivity index (χ3v) is 3.42. The van der Waals surface area contributed by atoms with E-state index in [-0.39, 0.29) is 11.6 Å². The minimum Gasteiger partial charge on any atom is -0.489 e. The van der Waals surface area contributed by atoms with Crippen molar-refractivity contribution in [3.63, 3.8) is 0 Å². The summed E-state index contributed by atoms with van der Waals surface area (Å²) in [4.78, 5) is 0. The van der Waals surface area contributed by atoms with Crippen LogP contribution in [0.2, 0.25) is 5.02 Å². The predicted molar refractivity (Wildman–Crippen MR) is 74.8 cm³/mol. The first-order valence-electron chi connectivity index (χ1n) is 5.41. The van der Waals surface area contributed by atoms with E-state index in [1.807, 2.05) is 24.3 Å². The van der Waals surface area contributed by atoms with Crippen molar-refractivity contribution in [2.45, 2.75) is 11.9 Å². The quantitative estimate of drug-likeness (QED) is 0.721. The fraction of sp³-hybridized carbons (Fsp3) is 0.143. The van der Waals surface area contributed by atoms with Crippen LogP contribution in [0, 0.1) is 5.82 Å². The van der Waals surface area contributed by atoms with Gasteiger partial charge < -0.3 is 4.74 Å². The van der Waals surface area contributed by atoms with E-state index in [1.54, 1.807) is 12.1 Å². The summed E-state index contributed by atoms with van der Waals surface area (Å²) in [5.74, 6) is 0.294. The van der Waals surface area contributed by atoms with Gasteiger partial charge in [-0.25, -0.2) is 4.39 Å². The summed E-state index contributed by atoms with van der Waals surface area (Å²) < 4.78 is 19.2. The van der Waals surface area contributed by atoms with E-state index >= 15 is 0 Å². The number of alkyl halides is 1. The van der Waals surface area contributed by atoms with E-state index in [9.17, 15) is 4.39 Å². The SMILES string of the molecule is Fc1c(Cl)cccc1COc1cccc(CBr)c1. The fourth-order valence-electron chi connectivity index (χ4n) is 1.54. The average molecular weight is 330 g/mol. The van der Waals surface area contributed by atoms with Crippen molar-refractivity contribution in [2.24, 2.45) is 0 Å². The van der Waals surface area contributed by atoms with Crippen LogP contribution in [0.4, 0.5) is 4.39 Å². The van der Waals surface area contributed by atoms with Gasteiger partial charge in [-0.05, 0) is 23.8 Å². The Balaban J connectivity index is 2.09. The number of ether oxygens (including phenoxy) is 1. The monoisotopic (exact) mass is 328 g/mol. The van der Waals surface area contributed by atoms with Crippen molar-refractivity contribution in [3.05, 3.63) is 64.4 Å². The van der Waals surface area contributed by atoms with Crippen LogP contribution in [0.3, 0.4) is 0 Å². The second-order valence-electron chi connectivity index (χ2n) is 3.78. The highest BCUT2D eigenvalue weighted by Crippen LogP contribution is 2.21. The van der Waals surface area contributed by atoms with Crippen molar-refractivity contribution in [1.82, 2.24) is 0 Å². The van der Waals surface area contributed by atoms with E-state index < -0.39 is 5.82 Å². The largest absolute Gasteiger partial charge is 0.489 e. The van der Waals surface area contributed by atoms with Gasteiger partial charge in [0.15, 0.2) is 0 Å². The van der Waals surface area contributed by atoms with Gasteiger partial charge in [-0.15, -0.1) is 0 Å². The van der Waals surface area contributed by atoms with E-state index in [0.717, 1.165) is 10.9 Å². The molecule has 0 radical (unpaired) electrons. The van der Waals surface area contributed by atoms with Crippen molar-refractivity contribution in [3.8, 4) is 5.75 Å². The normalized spacial score (nSPS) is 10.4. The number of benzene rings is 2. The zero-order chi connectivity index (χ0) is 13.0. The second-order valence-corrected chi connectivity index (χ2v) is 4.75. The van der Waals surface area contributed by atoms with Crippen LogP contribution < -0.4 is 4.74 Å². The van der Waals surface area contributed by atoms with E-state index in [0.29, 0.717) is 11.3 Å². The third-order valence-electron chi connectivity index (χ3n) is 2.48. The molecular weight excluding hydrogens is 319 g/mol. The van der Waals surface area contributed by atoms with Crippen LogP contribution >= 0.6 is 27.5 Å². The van der Waals surface area contributed by atoms with E-state index in [1.165, 1.54) is 6.07 Å². The maximum atomic E-state index is 13.6. The highest BCUT2D eigenvalue weighted by molar-refractivity contribution is 9.08. The van der Waals surface area contributed by atoms with Gasteiger partial charge in [0.25, 0.3) is 0 Å². The van der Waals surface area contributed by atoms with Gasteiger partial charge in [-0.1, -0.05) is 51.8 Å². The summed E-state index contributed by atoms with van der Waals surface area (Å²) in [6.45, 7) is 0.165. The molecule has 18 heavy (non-hydrogen) atoms. The Kier molecular flexibility index (Phi) is 4.61. The molecule has 0 aliphatic rings. The van der Waals surface area contributed by atoms with Crippen molar-refractivity contribution < 1.29 is 9.13 Å². The summed E-state index contributed by atoms with van der Waals surface area (Å²) in [5.41, 5.74) is 1.56. The average Bonchev–Trinajstić information content (AvgIpc) is 2.41. The zero-order valence-electron chi connectivity index (χ0n) is 9.50. The van der Waals surface area contributed by atoms with Crippen LogP contribution in [0.5, 0.6) is 5.75 Å².